The number of imidazole rings is 1. The summed E-state index contributed by atoms with van der Waals surface area (Å²) >= 11 is 0. The Kier molecular flexibility index (Phi) is 4.35. The van der Waals surface area contributed by atoms with Crippen LogP contribution in [0.25, 0.3) is 33.5 Å². The van der Waals surface area contributed by atoms with Crippen LogP contribution in [0.1, 0.15) is 10.4 Å². The van der Waals surface area contributed by atoms with Gasteiger partial charge in [-0.2, -0.15) is 0 Å². The first kappa shape index (κ1) is 16.9. The molecule has 2 heterocycles. The zero-order chi connectivity index (χ0) is 18.8. The average molecular weight is 359 g/mol. The van der Waals surface area contributed by atoms with E-state index in [9.17, 15) is 9.90 Å². The third kappa shape index (κ3) is 3.04. The van der Waals surface area contributed by atoms with Gasteiger partial charge in [0.2, 0.25) is 5.91 Å². The van der Waals surface area contributed by atoms with Gasteiger partial charge in [-0.3, -0.25) is 4.79 Å². The van der Waals surface area contributed by atoms with Crippen LogP contribution in [0, 0.1) is 0 Å². The lowest BCUT2D eigenvalue weighted by molar-refractivity contribution is 0.100. The van der Waals surface area contributed by atoms with Crippen LogP contribution in [-0.2, 0) is 6.54 Å². The molecule has 0 saturated carbocycles. The van der Waals surface area contributed by atoms with E-state index >= 15 is 0 Å². The van der Waals surface area contributed by atoms with Crippen LogP contribution in [0.4, 0.5) is 0 Å². The second-order valence-corrected chi connectivity index (χ2v) is 6.05. The molecule has 7 heteroatoms. The highest BCUT2D eigenvalue weighted by Crippen LogP contribution is 2.34. The number of carbonyl (C=O) groups excluding carboxylic acids is 1. The van der Waals surface area contributed by atoms with E-state index < -0.39 is 5.91 Å². The van der Waals surface area contributed by atoms with Crippen LogP contribution in [0.5, 0.6) is 0 Å². The molecule has 7 nitrogen and oxygen atoms in total. The maximum atomic E-state index is 11.5. The fourth-order valence-corrected chi connectivity index (χ4v) is 3.13. The Bertz CT molecular complexity index is 1140. The molecule has 134 valence electrons. The molecule has 2 aromatic heterocycles. The number of aliphatic hydroxyl groups excluding tert-OH is 1. The molecule has 0 saturated heterocycles. The van der Waals surface area contributed by atoms with Crippen molar-refractivity contribution in [2.45, 2.75) is 6.54 Å². The van der Waals surface area contributed by atoms with Crippen LogP contribution in [0.2, 0.25) is 0 Å². The first-order valence-corrected chi connectivity index (χ1v) is 8.45. The molecule has 4 rings (SSSR count). The van der Waals surface area contributed by atoms with Crippen molar-refractivity contribution in [1.29, 1.82) is 0 Å². The lowest BCUT2D eigenvalue weighted by Gasteiger charge is -2.10. The minimum absolute atomic E-state index is 0.00128. The summed E-state index contributed by atoms with van der Waals surface area (Å²) in [5.41, 5.74) is 10.5. The molecule has 0 atom stereocenters. The van der Waals surface area contributed by atoms with Gasteiger partial charge in [-0.05, 0) is 23.3 Å². The number of nitrogens with zero attached hydrogens (tertiary/aromatic N) is 4. The van der Waals surface area contributed by atoms with Gasteiger partial charge >= 0.3 is 0 Å². The van der Waals surface area contributed by atoms with E-state index in [1.807, 2.05) is 30.3 Å². The predicted molar refractivity (Wildman–Crippen MR) is 102 cm³/mol. The van der Waals surface area contributed by atoms with Gasteiger partial charge in [0.1, 0.15) is 17.5 Å². The number of rotatable bonds is 5. The smallest absolute Gasteiger partial charge is 0.248 e. The summed E-state index contributed by atoms with van der Waals surface area (Å²) in [6, 6.07) is 15.0. The molecule has 0 fully saturated rings. The van der Waals surface area contributed by atoms with E-state index in [-0.39, 0.29) is 6.61 Å². The summed E-state index contributed by atoms with van der Waals surface area (Å²) in [6.45, 7) is 0.413. The number of amides is 1. The Morgan fingerprint density at radius 2 is 1.85 bits per heavy atom. The van der Waals surface area contributed by atoms with E-state index in [0.717, 1.165) is 16.7 Å². The van der Waals surface area contributed by atoms with Gasteiger partial charge in [-0.1, -0.05) is 36.4 Å². The van der Waals surface area contributed by atoms with Crippen LogP contribution in [0.3, 0.4) is 0 Å². The van der Waals surface area contributed by atoms with E-state index in [1.54, 1.807) is 29.1 Å². The number of aliphatic hydroxyl groups is 1. The monoisotopic (exact) mass is 359 g/mol. The Hall–Kier alpha value is -3.58. The van der Waals surface area contributed by atoms with Crippen molar-refractivity contribution in [3.63, 3.8) is 0 Å². The standard InChI is InChI=1S/C20H17N5O2/c21-19(27)14-5-3-4-13(10-14)15-6-1-2-7-16(15)17-18-20(23-11-22-17)25(8-9-26)12-24-18/h1-7,10-12,26H,8-9H2,(H2,21,27). The fourth-order valence-electron chi connectivity index (χ4n) is 3.13. The molecule has 4 aromatic rings. The molecule has 0 aliphatic carbocycles. The van der Waals surface area contributed by atoms with Crippen molar-refractivity contribution >= 4 is 17.1 Å². The quantitative estimate of drug-likeness (QED) is 0.568. The van der Waals surface area contributed by atoms with E-state index in [0.29, 0.717) is 29.0 Å². The van der Waals surface area contributed by atoms with Gasteiger partial charge in [-0.15, -0.1) is 0 Å². The number of hydrogen-bond donors (Lipinski definition) is 2. The lowest BCUT2D eigenvalue weighted by Crippen LogP contribution is -2.10. The predicted octanol–water partition coefficient (Wildman–Crippen LogP) is 2.25. The van der Waals surface area contributed by atoms with Crippen molar-refractivity contribution in [1.82, 2.24) is 19.5 Å². The lowest BCUT2D eigenvalue weighted by atomic mass is 9.96. The molecule has 1 amide bonds. The normalized spacial score (nSPS) is 11.0. The minimum Gasteiger partial charge on any atom is -0.395 e. The van der Waals surface area contributed by atoms with Gasteiger partial charge in [-0.25, -0.2) is 15.0 Å². The topological polar surface area (TPSA) is 107 Å². The highest BCUT2D eigenvalue weighted by molar-refractivity contribution is 5.97. The SMILES string of the molecule is NC(=O)c1cccc(-c2ccccc2-c2ncnc3c2ncn3CCO)c1. The van der Waals surface area contributed by atoms with Crippen LogP contribution < -0.4 is 5.73 Å². The van der Waals surface area contributed by atoms with Crippen molar-refractivity contribution < 1.29 is 9.90 Å². The highest BCUT2D eigenvalue weighted by atomic mass is 16.3. The van der Waals surface area contributed by atoms with Crippen LogP contribution in [0.15, 0.2) is 61.2 Å². The molecule has 3 N–H and O–H groups in total. The number of carbonyl (C=O) groups is 1. The molecule has 0 spiro atoms. The summed E-state index contributed by atoms with van der Waals surface area (Å²) in [7, 11) is 0. The number of primary amides is 1. The van der Waals surface area contributed by atoms with E-state index in [1.165, 1.54) is 6.33 Å². The van der Waals surface area contributed by atoms with Crippen molar-refractivity contribution in [3.8, 4) is 22.4 Å². The number of benzene rings is 2. The summed E-state index contributed by atoms with van der Waals surface area (Å²) in [5, 5.41) is 9.22. The van der Waals surface area contributed by atoms with Gasteiger partial charge in [0, 0.05) is 17.7 Å². The Morgan fingerprint density at radius 3 is 2.63 bits per heavy atom. The maximum absolute atomic E-state index is 11.5. The largest absolute Gasteiger partial charge is 0.395 e. The van der Waals surface area contributed by atoms with Gasteiger partial charge < -0.3 is 15.4 Å². The van der Waals surface area contributed by atoms with Crippen molar-refractivity contribution in [2.75, 3.05) is 6.61 Å². The number of nitrogens with two attached hydrogens (primary N) is 1. The van der Waals surface area contributed by atoms with Crippen molar-refractivity contribution in [2.24, 2.45) is 5.73 Å². The number of fused-ring (bicyclic) bond motifs is 1. The summed E-state index contributed by atoms with van der Waals surface area (Å²) < 4.78 is 1.79. The second kappa shape index (κ2) is 6.97. The zero-order valence-electron chi connectivity index (χ0n) is 14.4. The van der Waals surface area contributed by atoms with E-state index in [4.69, 9.17) is 5.73 Å². The van der Waals surface area contributed by atoms with Gasteiger partial charge in [0.15, 0.2) is 5.65 Å². The highest BCUT2D eigenvalue weighted by Gasteiger charge is 2.15. The molecule has 2 aromatic carbocycles. The number of aromatic nitrogens is 4. The van der Waals surface area contributed by atoms with Crippen molar-refractivity contribution in [3.05, 3.63) is 66.7 Å². The van der Waals surface area contributed by atoms with Crippen LogP contribution in [-0.4, -0.2) is 37.1 Å². The number of hydrogen-bond acceptors (Lipinski definition) is 5. The summed E-state index contributed by atoms with van der Waals surface area (Å²) in [4.78, 5) is 24.7. The first-order chi connectivity index (χ1) is 13.2. The Labute approximate surface area is 155 Å². The zero-order valence-corrected chi connectivity index (χ0v) is 14.4. The van der Waals surface area contributed by atoms with Crippen LogP contribution >= 0.6 is 0 Å². The fraction of sp³-hybridized carbons (Fsp3) is 0.100. The molecule has 0 aliphatic rings. The third-order valence-electron chi connectivity index (χ3n) is 4.38. The minimum atomic E-state index is -0.471. The third-order valence-corrected chi connectivity index (χ3v) is 4.38. The molecule has 0 unspecified atom stereocenters. The van der Waals surface area contributed by atoms with E-state index in [2.05, 4.69) is 15.0 Å². The molecular weight excluding hydrogens is 342 g/mol. The molecule has 0 aliphatic heterocycles. The van der Waals surface area contributed by atoms with Gasteiger partial charge in [0.25, 0.3) is 0 Å². The molecule has 0 bridgehead atoms. The second-order valence-electron chi connectivity index (χ2n) is 6.05. The molecule has 0 radical (unpaired) electrons. The summed E-state index contributed by atoms with van der Waals surface area (Å²) in [5.74, 6) is -0.471. The maximum Gasteiger partial charge on any atom is 0.248 e. The Balaban J connectivity index is 1.91. The Morgan fingerprint density at radius 1 is 1.04 bits per heavy atom. The first-order valence-electron chi connectivity index (χ1n) is 8.45. The average Bonchev–Trinajstić information content (AvgIpc) is 3.11. The molecular formula is C20H17N5O2. The van der Waals surface area contributed by atoms with Gasteiger partial charge in [0.05, 0.1) is 12.9 Å². The summed E-state index contributed by atoms with van der Waals surface area (Å²) in [6.07, 6.45) is 3.14. The molecule has 27 heavy (non-hydrogen) atoms.